The third-order valence-corrected chi connectivity index (χ3v) is 12.0. The quantitative estimate of drug-likeness (QED) is 0.132. The lowest BCUT2D eigenvalue weighted by Crippen LogP contribution is -2.14. The third-order valence-electron chi connectivity index (χ3n) is 12.0. The molecule has 0 radical (unpaired) electrons. The minimum absolute atomic E-state index is 0.0750. The molecule has 0 bridgehead atoms. The zero-order valence-corrected chi connectivity index (χ0v) is 29.4. The average molecular weight is 676 g/mol. The van der Waals surface area contributed by atoms with E-state index in [-0.39, 0.29) is 5.41 Å². The molecule has 0 amide bonds. The van der Waals surface area contributed by atoms with Gasteiger partial charge in [0.05, 0.1) is 27.6 Å². The van der Waals surface area contributed by atoms with E-state index in [0.29, 0.717) is 0 Å². The fourth-order valence-electron chi connectivity index (χ4n) is 9.49. The largest absolute Gasteiger partial charge is 0.309 e. The summed E-state index contributed by atoms with van der Waals surface area (Å²) in [5, 5.41) is 8.63. The van der Waals surface area contributed by atoms with Crippen molar-refractivity contribution < 1.29 is 0 Å². The second-order valence-electron chi connectivity index (χ2n) is 15.2. The van der Waals surface area contributed by atoms with Crippen molar-refractivity contribution >= 4 is 70.9 Å². The van der Waals surface area contributed by atoms with Crippen LogP contribution < -0.4 is 0 Å². The summed E-state index contributed by atoms with van der Waals surface area (Å²) >= 11 is 0. The van der Waals surface area contributed by atoms with Gasteiger partial charge in [0.1, 0.15) is 5.65 Å². The van der Waals surface area contributed by atoms with Gasteiger partial charge in [0.2, 0.25) is 0 Å². The zero-order chi connectivity index (χ0) is 35.0. The maximum Gasteiger partial charge on any atom is 0.146 e. The Kier molecular flexibility index (Phi) is 5.57. The van der Waals surface area contributed by atoms with Crippen LogP contribution in [0.1, 0.15) is 25.0 Å². The topological polar surface area (TPSA) is 22.2 Å². The van der Waals surface area contributed by atoms with Crippen LogP contribution in [0.4, 0.5) is 0 Å². The van der Waals surface area contributed by atoms with E-state index in [1.807, 2.05) is 0 Å². The predicted molar refractivity (Wildman–Crippen MR) is 223 cm³/mol. The Morgan fingerprint density at radius 1 is 0.434 bits per heavy atom. The van der Waals surface area contributed by atoms with Crippen molar-refractivity contribution in [1.82, 2.24) is 14.0 Å². The van der Waals surface area contributed by atoms with Crippen LogP contribution in [-0.4, -0.2) is 14.0 Å². The fraction of sp³-hybridized carbons (Fsp3) is 0.0600. The number of nitrogens with zero attached hydrogens (tertiary/aromatic N) is 3. The highest BCUT2D eigenvalue weighted by atomic mass is 15.0. The Morgan fingerprint density at radius 3 is 2.04 bits per heavy atom. The van der Waals surface area contributed by atoms with Gasteiger partial charge in [-0.2, -0.15) is 0 Å². The first-order chi connectivity index (χ1) is 26.0. The minimum atomic E-state index is -0.0750. The number of aromatic nitrogens is 3. The minimum Gasteiger partial charge on any atom is -0.309 e. The van der Waals surface area contributed by atoms with Gasteiger partial charge in [-0.1, -0.05) is 111 Å². The second kappa shape index (κ2) is 10.2. The Morgan fingerprint density at radius 2 is 1.15 bits per heavy atom. The fourth-order valence-corrected chi connectivity index (χ4v) is 9.49. The summed E-state index contributed by atoms with van der Waals surface area (Å²) in [7, 11) is 0. The number of fused-ring (bicyclic) bond motifs is 15. The molecule has 0 atom stereocenters. The van der Waals surface area contributed by atoms with Crippen LogP contribution in [0, 0.1) is 0 Å². The summed E-state index contributed by atoms with van der Waals surface area (Å²) in [5.41, 5.74) is 15.7. The van der Waals surface area contributed by atoms with Gasteiger partial charge in [-0.3, -0.25) is 4.40 Å². The van der Waals surface area contributed by atoms with E-state index in [9.17, 15) is 0 Å². The van der Waals surface area contributed by atoms with Crippen LogP contribution in [-0.2, 0) is 5.41 Å². The normalized spacial score (nSPS) is 13.6. The first kappa shape index (κ1) is 28.9. The Balaban J connectivity index is 1.10. The van der Waals surface area contributed by atoms with E-state index in [1.165, 1.54) is 82.1 Å². The summed E-state index contributed by atoms with van der Waals surface area (Å²) in [4.78, 5) is 5.17. The van der Waals surface area contributed by atoms with E-state index in [0.717, 1.165) is 27.9 Å². The molecule has 53 heavy (non-hydrogen) atoms. The number of hydrogen-bond donors (Lipinski definition) is 0. The Hall–Kier alpha value is -6.71. The lowest BCUT2D eigenvalue weighted by atomic mass is 9.82. The number of hydrogen-bond acceptors (Lipinski definition) is 1. The highest BCUT2D eigenvalue weighted by Crippen LogP contribution is 2.51. The van der Waals surface area contributed by atoms with Crippen LogP contribution >= 0.6 is 0 Å². The van der Waals surface area contributed by atoms with E-state index < -0.39 is 0 Å². The van der Waals surface area contributed by atoms with E-state index in [1.54, 1.807) is 0 Å². The van der Waals surface area contributed by atoms with Gasteiger partial charge in [0.15, 0.2) is 0 Å². The highest BCUT2D eigenvalue weighted by molar-refractivity contribution is 6.18. The van der Waals surface area contributed by atoms with Crippen molar-refractivity contribution in [3.8, 4) is 27.9 Å². The van der Waals surface area contributed by atoms with Crippen molar-refractivity contribution in [2.45, 2.75) is 19.3 Å². The number of benzene rings is 8. The predicted octanol–water partition coefficient (Wildman–Crippen LogP) is 13.0. The van der Waals surface area contributed by atoms with Gasteiger partial charge in [-0.15, -0.1) is 0 Å². The molecule has 3 nitrogen and oxygen atoms in total. The molecule has 0 spiro atoms. The monoisotopic (exact) mass is 675 g/mol. The van der Waals surface area contributed by atoms with Crippen LogP contribution in [0.3, 0.4) is 0 Å². The first-order valence-corrected chi connectivity index (χ1v) is 18.5. The lowest BCUT2D eigenvalue weighted by molar-refractivity contribution is 0.661. The maximum atomic E-state index is 5.17. The van der Waals surface area contributed by atoms with Gasteiger partial charge in [-0.05, 0) is 116 Å². The molecule has 1 aliphatic rings. The van der Waals surface area contributed by atoms with E-state index in [2.05, 4.69) is 187 Å². The van der Waals surface area contributed by atoms with Gasteiger partial charge in [0, 0.05) is 32.6 Å². The third kappa shape index (κ3) is 3.86. The summed E-state index contributed by atoms with van der Waals surface area (Å²) in [6.07, 6.45) is 0. The average Bonchev–Trinajstić information content (AvgIpc) is 3.82. The Labute approximate surface area is 306 Å². The van der Waals surface area contributed by atoms with Gasteiger partial charge >= 0.3 is 0 Å². The molecular weight excluding hydrogens is 643 g/mol. The van der Waals surface area contributed by atoms with Crippen molar-refractivity contribution in [1.29, 1.82) is 0 Å². The molecule has 1 aliphatic carbocycles. The van der Waals surface area contributed by atoms with Gasteiger partial charge in [0.25, 0.3) is 0 Å². The molecule has 11 aromatic rings. The van der Waals surface area contributed by atoms with Crippen LogP contribution in [0.5, 0.6) is 0 Å². The van der Waals surface area contributed by atoms with E-state index >= 15 is 0 Å². The molecule has 248 valence electrons. The first-order valence-electron chi connectivity index (χ1n) is 18.5. The molecule has 0 N–H and O–H groups in total. The standard InChI is InChI=1S/C50H33N3/c1-50(2)42-18-7-5-16-35(42)38-28-40-36-17-6-9-20-45(36)52(48(40)29-43(38)50)34-15-11-14-30(24-34)33-22-23-46-39(26-33)37-25-31-12-3-4-13-32(31)27-41(37)49-51-44-19-8-10-21-47(44)53(46)49/h3-29H,1-2H3. The van der Waals surface area contributed by atoms with Crippen LogP contribution in [0.25, 0.3) is 98.9 Å². The number of rotatable bonds is 2. The molecular formula is C50H33N3. The summed E-state index contributed by atoms with van der Waals surface area (Å²) in [6.45, 7) is 4.73. The number of para-hydroxylation sites is 3. The Bertz CT molecular complexity index is 3370. The maximum absolute atomic E-state index is 5.17. The van der Waals surface area contributed by atoms with Crippen molar-refractivity contribution in [2.24, 2.45) is 0 Å². The number of imidazole rings is 1. The molecule has 0 aliphatic heterocycles. The molecule has 3 aromatic heterocycles. The molecule has 8 aromatic carbocycles. The zero-order valence-electron chi connectivity index (χ0n) is 29.4. The number of pyridine rings is 1. The lowest BCUT2D eigenvalue weighted by Gasteiger charge is -2.21. The van der Waals surface area contributed by atoms with Gasteiger partial charge < -0.3 is 4.57 Å². The smallest absolute Gasteiger partial charge is 0.146 e. The van der Waals surface area contributed by atoms with Crippen molar-refractivity contribution in [3.05, 3.63) is 175 Å². The summed E-state index contributed by atoms with van der Waals surface area (Å²) in [5.74, 6) is 0. The summed E-state index contributed by atoms with van der Waals surface area (Å²) in [6, 6.07) is 60.5. The molecule has 0 saturated heterocycles. The van der Waals surface area contributed by atoms with Crippen molar-refractivity contribution in [3.63, 3.8) is 0 Å². The molecule has 3 heterocycles. The highest BCUT2D eigenvalue weighted by Gasteiger charge is 2.36. The molecule has 0 saturated carbocycles. The van der Waals surface area contributed by atoms with Crippen molar-refractivity contribution in [2.75, 3.05) is 0 Å². The van der Waals surface area contributed by atoms with Crippen LogP contribution in [0.15, 0.2) is 164 Å². The van der Waals surface area contributed by atoms with E-state index in [4.69, 9.17) is 4.98 Å². The van der Waals surface area contributed by atoms with Crippen LogP contribution in [0.2, 0.25) is 0 Å². The molecule has 12 rings (SSSR count). The SMILES string of the molecule is CC1(C)c2ccccc2-c2cc3c4ccccc4n(-c4cccc(-c5ccc6c(c5)c5cc7ccccc7cc5c5nc7ccccc7n65)c4)c3cc21. The second-order valence-corrected chi connectivity index (χ2v) is 15.2. The molecule has 0 unspecified atom stereocenters. The molecule has 0 fully saturated rings. The molecule has 3 heteroatoms. The summed E-state index contributed by atoms with van der Waals surface area (Å²) < 4.78 is 4.82. The van der Waals surface area contributed by atoms with Gasteiger partial charge in [-0.25, -0.2) is 4.98 Å².